The molecule has 1 aromatic carbocycles. The van der Waals surface area contributed by atoms with E-state index < -0.39 is 0 Å². The lowest BCUT2D eigenvalue weighted by atomic mass is 10.3. The van der Waals surface area contributed by atoms with Gasteiger partial charge >= 0.3 is 0 Å². The van der Waals surface area contributed by atoms with E-state index >= 15 is 0 Å². The van der Waals surface area contributed by atoms with Crippen molar-refractivity contribution >= 4 is 34.6 Å². The van der Waals surface area contributed by atoms with Crippen LogP contribution in [-0.2, 0) is 0 Å². The van der Waals surface area contributed by atoms with E-state index in [0.29, 0.717) is 16.2 Å². The first-order valence-electron chi connectivity index (χ1n) is 7.42. The molecular formula is C18H12FN3OS2. The van der Waals surface area contributed by atoms with Crippen LogP contribution in [-0.4, -0.2) is 10.9 Å². The Morgan fingerprint density at radius 3 is 2.64 bits per heavy atom. The minimum atomic E-state index is -0.287. The van der Waals surface area contributed by atoms with Crippen LogP contribution >= 0.6 is 22.7 Å². The van der Waals surface area contributed by atoms with Crippen LogP contribution < -0.4 is 4.80 Å². The summed E-state index contributed by atoms with van der Waals surface area (Å²) >= 11 is 3.05. The lowest BCUT2D eigenvalue weighted by Crippen LogP contribution is -2.11. The van der Waals surface area contributed by atoms with Gasteiger partial charge in [0.25, 0.3) is 0 Å². The van der Waals surface area contributed by atoms with Gasteiger partial charge in [0, 0.05) is 10.3 Å². The third kappa shape index (κ3) is 3.52. The van der Waals surface area contributed by atoms with Gasteiger partial charge in [-0.05, 0) is 47.8 Å². The molecule has 4 rings (SSSR count). The number of hydrogen-bond acceptors (Lipinski definition) is 5. The summed E-state index contributed by atoms with van der Waals surface area (Å²) in [5.41, 5.74) is 1.47. The van der Waals surface area contributed by atoms with Crippen LogP contribution in [0.4, 0.5) is 10.1 Å². The lowest BCUT2D eigenvalue weighted by molar-refractivity contribution is 0.575. The van der Waals surface area contributed by atoms with Gasteiger partial charge in [0.05, 0.1) is 18.2 Å². The first kappa shape index (κ1) is 15.7. The molecule has 3 aromatic heterocycles. The summed E-state index contributed by atoms with van der Waals surface area (Å²) in [6.07, 6.45) is 3.41. The van der Waals surface area contributed by atoms with Crippen molar-refractivity contribution in [2.24, 2.45) is 10.1 Å². The summed E-state index contributed by atoms with van der Waals surface area (Å²) in [5.74, 6) is 0.421. The fourth-order valence-corrected chi connectivity index (χ4v) is 3.60. The molecule has 0 atom stereocenters. The normalized spacial score (nSPS) is 12.3. The average Bonchev–Trinajstić information content (AvgIpc) is 3.37. The van der Waals surface area contributed by atoms with Gasteiger partial charge < -0.3 is 4.42 Å². The molecule has 0 amide bonds. The van der Waals surface area contributed by atoms with Crippen LogP contribution in [0.2, 0.25) is 0 Å². The van der Waals surface area contributed by atoms with Crippen molar-refractivity contribution in [2.75, 3.05) is 0 Å². The molecule has 0 fully saturated rings. The Kier molecular flexibility index (Phi) is 4.41. The van der Waals surface area contributed by atoms with Gasteiger partial charge in [-0.25, -0.2) is 14.1 Å². The van der Waals surface area contributed by atoms with Crippen LogP contribution in [0.5, 0.6) is 0 Å². The molecule has 4 nitrogen and oxygen atoms in total. The molecule has 0 bridgehead atoms. The maximum absolute atomic E-state index is 13.1. The van der Waals surface area contributed by atoms with Gasteiger partial charge in [-0.2, -0.15) is 5.10 Å². The lowest BCUT2D eigenvalue weighted by Gasteiger charge is -2.00. The van der Waals surface area contributed by atoms with Gasteiger partial charge in [0.1, 0.15) is 11.5 Å². The van der Waals surface area contributed by atoms with E-state index in [9.17, 15) is 4.39 Å². The summed E-state index contributed by atoms with van der Waals surface area (Å²) in [4.78, 5) is 6.29. The Morgan fingerprint density at radius 2 is 1.92 bits per heavy atom. The Hall–Kier alpha value is -2.77. The number of thiazole rings is 1. The predicted molar refractivity (Wildman–Crippen MR) is 98.9 cm³/mol. The molecule has 0 saturated carbocycles. The zero-order valence-corrected chi connectivity index (χ0v) is 14.5. The van der Waals surface area contributed by atoms with Crippen LogP contribution in [0.1, 0.15) is 4.88 Å². The SMILES string of the molecule is Fc1ccc(N=c2scc(-c3ccco3)n2N=Cc2cccs2)cc1. The molecule has 0 saturated heterocycles. The number of thiophene rings is 1. The first-order valence-corrected chi connectivity index (χ1v) is 9.18. The zero-order chi connectivity index (χ0) is 17.1. The van der Waals surface area contributed by atoms with E-state index in [-0.39, 0.29) is 5.82 Å². The predicted octanol–water partition coefficient (Wildman–Crippen LogP) is 5.12. The monoisotopic (exact) mass is 369 g/mol. The zero-order valence-electron chi connectivity index (χ0n) is 12.9. The fourth-order valence-electron chi connectivity index (χ4n) is 2.19. The molecule has 0 N–H and O–H groups in total. The second kappa shape index (κ2) is 7.00. The van der Waals surface area contributed by atoms with Crippen LogP contribution in [0, 0.1) is 5.82 Å². The number of hydrogen-bond donors (Lipinski definition) is 0. The molecule has 0 aliphatic carbocycles. The quantitative estimate of drug-likeness (QED) is 0.460. The summed E-state index contributed by atoms with van der Waals surface area (Å²) in [7, 11) is 0. The number of rotatable bonds is 4. The van der Waals surface area contributed by atoms with Crippen molar-refractivity contribution in [3.8, 4) is 11.5 Å². The number of halogens is 1. The number of benzene rings is 1. The number of furan rings is 1. The average molecular weight is 369 g/mol. The molecule has 0 radical (unpaired) electrons. The molecule has 0 spiro atoms. The van der Waals surface area contributed by atoms with Gasteiger partial charge in [0.15, 0.2) is 5.76 Å². The van der Waals surface area contributed by atoms with Gasteiger partial charge in [0.2, 0.25) is 4.80 Å². The summed E-state index contributed by atoms with van der Waals surface area (Å²) in [5, 5.41) is 8.50. The number of aromatic nitrogens is 1. The molecule has 0 unspecified atom stereocenters. The van der Waals surface area contributed by atoms with Crippen molar-refractivity contribution in [3.63, 3.8) is 0 Å². The summed E-state index contributed by atoms with van der Waals surface area (Å²) in [6, 6.07) is 13.7. The van der Waals surface area contributed by atoms with Gasteiger partial charge in [-0.1, -0.05) is 6.07 Å². The minimum Gasteiger partial charge on any atom is -0.463 e. The smallest absolute Gasteiger partial charge is 0.211 e. The van der Waals surface area contributed by atoms with Crippen LogP contribution in [0.25, 0.3) is 11.5 Å². The van der Waals surface area contributed by atoms with Crippen LogP contribution in [0.3, 0.4) is 0 Å². The third-order valence-electron chi connectivity index (χ3n) is 3.35. The van der Waals surface area contributed by atoms with E-state index in [1.165, 1.54) is 23.5 Å². The maximum Gasteiger partial charge on any atom is 0.211 e. The first-order chi connectivity index (χ1) is 12.3. The Balaban J connectivity index is 1.82. The molecule has 7 heteroatoms. The van der Waals surface area contributed by atoms with E-state index in [2.05, 4.69) is 10.1 Å². The van der Waals surface area contributed by atoms with E-state index in [1.54, 1.807) is 40.6 Å². The minimum absolute atomic E-state index is 0.287. The molecule has 4 aromatic rings. The van der Waals surface area contributed by atoms with E-state index in [4.69, 9.17) is 4.42 Å². The third-order valence-corrected chi connectivity index (χ3v) is 4.98. The molecule has 3 heterocycles. The van der Waals surface area contributed by atoms with Crippen molar-refractivity contribution in [3.05, 3.63) is 81.0 Å². The molecule has 0 aliphatic heterocycles. The standard InChI is InChI=1S/C18H12FN3OS2/c19-13-5-7-14(8-6-13)21-18-22(20-11-15-3-2-10-24-15)16(12-25-18)17-4-1-9-23-17/h1-12H. The second-order valence-electron chi connectivity index (χ2n) is 5.04. The Bertz CT molecular complexity index is 1040. The highest BCUT2D eigenvalue weighted by Gasteiger charge is 2.10. The summed E-state index contributed by atoms with van der Waals surface area (Å²) in [6.45, 7) is 0. The maximum atomic E-state index is 13.1. The number of nitrogens with zero attached hydrogens (tertiary/aromatic N) is 3. The molecular weight excluding hydrogens is 357 g/mol. The van der Waals surface area contributed by atoms with Crippen LogP contribution in [0.15, 0.2) is 80.1 Å². The molecule has 25 heavy (non-hydrogen) atoms. The molecule has 0 aliphatic rings. The van der Waals surface area contributed by atoms with Crippen molar-refractivity contribution in [2.45, 2.75) is 0 Å². The highest BCUT2D eigenvalue weighted by molar-refractivity contribution is 7.11. The second-order valence-corrected chi connectivity index (χ2v) is 6.86. The summed E-state index contributed by atoms with van der Waals surface area (Å²) < 4.78 is 20.3. The van der Waals surface area contributed by atoms with Crippen molar-refractivity contribution < 1.29 is 8.81 Å². The van der Waals surface area contributed by atoms with Crippen molar-refractivity contribution in [1.82, 2.24) is 4.68 Å². The largest absolute Gasteiger partial charge is 0.463 e. The van der Waals surface area contributed by atoms with E-state index in [1.807, 2.05) is 35.0 Å². The fraction of sp³-hybridized carbons (Fsp3) is 0. The highest BCUT2D eigenvalue weighted by Crippen LogP contribution is 2.21. The van der Waals surface area contributed by atoms with E-state index in [0.717, 1.165) is 10.6 Å². The molecule has 124 valence electrons. The Morgan fingerprint density at radius 1 is 1.04 bits per heavy atom. The topological polar surface area (TPSA) is 42.8 Å². The highest BCUT2D eigenvalue weighted by atomic mass is 32.1. The van der Waals surface area contributed by atoms with Gasteiger partial charge in [-0.3, -0.25) is 0 Å². The Labute approximate surface area is 150 Å². The van der Waals surface area contributed by atoms with Crippen molar-refractivity contribution in [1.29, 1.82) is 0 Å². The van der Waals surface area contributed by atoms with Gasteiger partial charge in [-0.15, -0.1) is 22.7 Å².